The summed E-state index contributed by atoms with van der Waals surface area (Å²) in [5.41, 5.74) is -0.545. The minimum Gasteiger partial charge on any atom is -0.488 e. The SMILES string of the molecule is CCC=CCCOc1c(OC(=O)c2ccccc2)c2ccc(OC(C)(C)C)cc2oc1=O. The van der Waals surface area contributed by atoms with Gasteiger partial charge in [0.25, 0.3) is 0 Å². The van der Waals surface area contributed by atoms with E-state index in [1.165, 1.54) is 0 Å². The molecule has 0 bridgehead atoms. The Labute approximate surface area is 187 Å². The summed E-state index contributed by atoms with van der Waals surface area (Å²) in [7, 11) is 0. The van der Waals surface area contributed by atoms with Crippen LogP contribution in [0.3, 0.4) is 0 Å². The van der Waals surface area contributed by atoms with Crippen LogP contribution in [-0.4, -0.2) is 18.2 Å². The van der Waals surface area contributed by atoms with Crippen molar-refractivity contribution in [3.05, 3.63) is 76.7 Å². The fourth-order valence-electron chi connectivity index (χ4n) is 3.02. The van der Waals surface area contributed by atoms with Gasteiger partial charge in [0.2, 0.25) is 5.75 Å². The lowest BCUT2D eigenvalue weighted by atomic mass is 10.1. The average molecular weight is 437 g/mol. The van der Waals surface area contributed by atoms with Crippen LogP contribution in [0.25, 0.3) is 11.0 Å². The summed E-state index contributed by atoms with van der Waals surface area (Å²) in [6.45, 7) is 8.04. The number of fused-ring (bicyclic) bond motifs is 1. The maximum atomic E-state index is 12.7. The number of hydrogen-bond donors (Lipinski definition) is 0. The molecule has 0 N–H and O–H groups in total. The summed E-state index contributed by atoms with van der Waals surface area (Å²) in [5.74, 6) is -0.154. The molecule has 0 amide bonds. The van der Waals surface area contributed by atoms with Crippen molar-refractivity contribution in [1.29, 1.82) is 0 Å². The van der Waals surface area contributed by atoms with Gasteiger partial charge in [-0.25, -0.2) is 9.59 Å². The lowest BCUT2D eigenvalue weighted by molar-refractivity contribution is 0.0729. The van der Waals surface area contributed by atoms with Crippen LogP contribution in [0, 0.1) is 0 Å². The molecule has 32 heavy (non-hydrogen) atoms. The Morgan fingerprint density at radius 1 is 1.03 bits per heavy atom. The van der Waals surface area contributed by atoms with Gasteiger partial charge in [0, 0.05) is 6.07 Å². The molecule has 0 spiro atoms. The first-order valence-electron chi connectivity index (χ1n) is 10.6. The summed E-state index contributed by atoms with van der Waals surface area (Å²) in [4.78, 5) is 25.5. The Bertz CT molecular complexity index is 1150. The highest BCUT2D eigenvalue weighted by molar-refractivity contribution is 5.95. The normalized spacial score (nSPS) is 11.6. The predicted molar refractivity (Wildman–Crippen MR) is 124 cm³/mol. The van der Waals surface area contributed by atoms with Crippen LogP contribution in [-0.2, 0) is 0 Å². The van der Waals surface area contributed by atoms with E-state index in [1.54, 1.807) is 48.5 Å². The third-order valence-electron chi connectivity index (χ3n) is 4.35. The minimum atomic E-state index is -0.722. The van der Waals surface area contributed by atoms with Crippen molar-refractivity contribution in [3.8, 4) is 17.2 Å². The van der Waals surface area contributed by atoms with E-state index in [9.17, 15) is 9.59 Å². The van der Waals surface area contributed by atoms with E-state index in [0.29, 0.717) is 23.1 Å². The molecule has 0 aliphatic heterocycles. The number of carbonyl (C=O) groups excluding carboxylic acids is 1. The molecule has 0 unspecified atom stereocenters. The van der Waals surface area contributed by atoms with E-state index in [-0.39, 0.29) is 23.7 Å². The van der Waals surface area contributed by atoms with Gasteiger partial charge in [0.15, 0.2) is 5.75 Å². The van der Waals surface area contributed by atoms with Crippen molar-refractivity contribution in [2.24, 2.45) is 0 Å². The van der Waals surface area contributed by atoms with Crippen molar-refractivity contribution in [1.82, 2.24) is 0 Å². The zero-order valence-corrected chi connectivity index (χ0v) is 18.8. The minimum absolute atomic E-state index is 0.0342. The largest absolute Gasteiger partial charge is 0.488 e. The molecule has 0 saturated carbocycles. The Balaban J connectivity index is 2.02. The van der Waals surface area contributed by atoms with Crippen LogP contribution < -0.4 is 19.8 Å². The van der Waals surface area contributed by atoms with Crippen molar-refractivity contribution in [2.75, 3.05) is 6.61 Å². The lowest BCUT2D eigenvalue weighted by Gasteiger charge is -2.21. The Kier molecular flexibility index (Phi) is 7.36. The van der Waals surface area contributed by atoms with E-state index >= 15 is 0 Å². The Morgan fingerprint density at radius 3 is 2.47 bits per heavy atom. The summed E-state index contributed by atoms with van der Waals surface area (Å²) in [5, 5.41) is 0.439. The van der Waals surface area contributed by atoms with E-state index in [4.69, 9.17) is 18.6 Å². The summed E-state index contributed by atoms with van der Waals surface area (Å²) in [6.07, 6.45) is 5.50. The Morgan fingerprint density at radius 2 is 1.78 bits per heavy atom. The van der Waals surface area contributed by atoms with Crippen molar-refractivity contribution >= 4 is 16.9 Å². The zero-order valence-electron chi connectivity index (χ0n) is 18.8. The summed E-state index contributed by atoms with van der Waals surface area (Å²) in [6, 6.07) is 13.6. The van der Waals surface area contributed by atoms with E-state index in [0.717, 1.165) is 6.42 Å². The first kappa shape index (κ1) is 23.1. The van der Waals surface area contributed by atoms with Crippen molar-refractivity contribution in [2.45, 2.75) is 46.1 Å². The standard InChI is InChI=1S/C26H28O6/c1-5-6-7-11-16-29-23-22(31-24(27)18-12-9-8-10-13-18)20-15-14-19(32-26(2,3)4)17-21(20)30-25(23)28/h6-10,12-15,17H,5,11,16H2,1-4H3. The quantitative estimate of drug-likeness (QED) is 0.189. The smallest absolute Gasteiger partial charge is 0.383 e. The molecule has 6 nitrogen and oxygen atoms in total. The molecule has 1 heterocycles. The molecule has 6 heteroatoms. The van der Waals surface area contributed by atoms with Gasteiger partial charge >= 0.3 is 11.6 Å². The van der Waals surface area contributed by atoms with Gasteiger partial charge in [-0.2, -0.15) is 0 Å². The number of carbonyl (C=O) groups is 1. The monoisotopic (exact) mass is 436 g/mol. The third-order valence-corrected chi connectivity index (χ3v) is 4.35. The van der Waals surface area contributed by atoms with Gasteiger partial charge in [-0.15, -0.1) is 0 Å². The van der Waals surface area contributed by atoms with Crippen LogP contribution in [0.5, 0.6) is 17.2 Å². The van der Waals surface area contributed by atoms with Crippen LogP contribution in [0.2, 0.25) is 0 Å². The molecular weight excluding hydrogens is 408 g/mol. The number of benzene rings is 2. The maximum absolute atomic E-state index is 12.7. The highest BCUT2D eigenvalue weighted by atomic mass is 16.6. The second kappa shape index (κ2) is 10.2. The number of hydrogen-bond acceptors (Lipinski definition) is 6. The molecule has 2 aromatic carbocycles. The zero-order chi connectivity index (χ0) is 23.1. The fraction of sp³-hybridized carbons (Fsp3) is 0.308. The number of esters is 1. The fourth-order valence-corrected chi connectivity index (χ4v) is 3.02. The molecule has 0 fully saturated rings. The maximum Gasteiger partial charge on any atom is 0.383 e. The molecule has 0 aliphatic carbocycles. The van der Waals surface area contributed by atoms with Gasteiger partial charge in [0.05, 0.1) is 17.6 Å². The topological polar surface area (TPSA) is 75.0 Å². The van der Waals surface area contributed by atoms with Crippen molar-refractivity contribution < 1.29 is 23.4 Å². The molecule has 0 saturated heterocycles. The van der Waals surface area contributed by atoms with Crippen molar-refractivity contribution in [3.63, 3.8) is 0 Å². The molecule has 1 aromatic heterocycles. The van der Waals surface area contributed by atoms with E-state index < -0.39 is 17.2 Å². The summed E-state index contributed by atoms with van der Waals surface area (Å²) < 4.78 is 22.7. The molecule has 3 rings (SSSR count). The molecule has 3 aromatic rings. The van der Waals surface area contributed by atoms with Crippen LogP contribution in [0.1, 0.15) is 50.9 Å². The molecule has 0 atom stereocenters. The first-order chi connectivity index (χ1) is 15.3. The number of rotatable bonds is 8. The second-order valence-corrected chi connectivity index (χ2v) is 8.19. The van der Waals surface area contributed by atoms with Gasteiger partial charge in [-0.1, -0.05) is 37.3 Å². The number of allylic oxidation sites excluding steroid dienone is 1. The van der Waals surface area contributed by atoms with Crippen LogP contribution >= 0.6 is 0 Å². The van der Waals surface area contributed by atoms with Crippen LogP contribution in [0.15, 0.2) is 69.9 Å². The molecule has 0 aliphatic rings. The van der Waals surface area contributed by atoms with E-state index in [1.807, 2.05) is 39.8 Å². The van der Waals surface area contributed by atoms with Crippen LogP contribution in [0.4, 0.5) is 0 Å². The molecule has 0 radical (unpaired) electrons. The molecule has 168 valence electrons. The highest BCUT2D eigenvalue weighted by Gasteiger charge is 2.22. The van der Waals surface area contributed by atoms with Gasteiger partial charge < -0.3 is 18.6 Å². The third kappa shape index (κ3) is 6.00. The first-order valence-corrected chi connectivity index (χ1v) is 10.6. The van der Waals surface area contributed by atoms with Gasteiger partial charge in [-0.3, -0.25) is 0 Å². The highest BCUT2D eigenvalue weighted by Crippen LogP contribution is 2.36. The van der Waals surface area contributed by atoms with E-state index in [2.05, 4.69) is 0 Å². The number of ether oxygens (including phenoxy) is 3. The lowest BCUT2D eigenvalue weighted by Crippen LogP contribution is -2.22. The Hall–Kier alpha value is -3.54. The van der Waals surface area contributed by atoms with Gasteiger partial charge in [0.1, 0.15) is 16.9 Å². The summed E-state index contributed by atoms with van der Waals surface area (Å²) >= 11 is 0. The average Bonchev–Trinajstić information content (AvgIpc) is 2.74. The predicted octanol–water partition coefficient (Wildman–Crippen LogP) is 5.92. The molecular formula is C26H28O6. The second-order valence-electron chi connectivity index (χ2n) is 8.19. The van der Waals surface area contributed by atoms with Gasteiger partial charge in [-0.05, 0) is 57.9 Å².